The van der Waals surface area contributed by atoms with Gasteiger partial charge in [-0.05, 0) is 29.0 Å². The van der Waals surface area contributed by atoms with Gasteiger partial charge in [-0.3, -0.25) is 9.59 Å². The summed E-state index contributed by atoms with van der Waals surface area (Å²) in [4.78, 5) is 26.7. The third-order valence-corrected chi connectivity index (χ3v) is 6.49. The Morgan fingerprint density at radius 1 is 1.34 bits per heavy atom. The first-order valence-electron chi connectivity index (χ1n) is 9.58. The second-order valence-corrected chi connectivity index (χ2v) is 8.74. The largest absolute Gasteiger partial charge is 0.459 e. The van der Waals surface area contributed by atoms with Gasteiger partial charge in [0.2, 0.25) is 0 Å². The smallest absolute Gasteiger partial charge is 0.326 e. The van der Waals surface area contributed by atoms with Crippen LogP contribution in [0.25, 0.3) is 0 Å². The van der Waals surface area contributed by atoms with E-state index in [-0.39, 0.29) is 29.9 Å². The molecule has 150 valence electrons. The van der Waals surface area contributed by atoms with Gasteiger partial charge in [0.05, 0.1) is 18.0 Å². The number of esters is 1. The highest BCUT2D eigenvalue weighted by Crippen LogP contribution is 2.50. The first-order chi connectivity index (χ1) is 13.8. The van der Waals surface area contributed by atoms with Crippen molar-refractivity contribution in [2.45, 2.75) is 44.8 Å². The van der Waals surface area contributed by atoms with Gasteiger partial charge in [0.15, 0.2) is 0 Å². The fraction of sp³-hybridized carbons (Fsp3) is 0.409. The molecule has 1 aliphatic heterocycles. The number of carbonyl (C=O) groups excluding carboxylic acids is 2. The van der Waals surface area contributed by atoms with E-state index < -0.39 is 12.0 Å². The van der Waals surface area contributed by atoms with Crippen molar-refractivity contribution < 1.29 is 14.3 Å². The van der Waals surface area contributed by atoms with Crippen molar-refractivity contribution in [1.29, 1.82) is 5.26 Å². The van der Waals surface area contributed by atoms with E-state index in [9.17, 15) is 14.9 Å². The van der Waals surface area contributed by atoms with E-state index in [2.05, 4.69) is 19.9 Å². The highest BCUT2D eigenvalue weighted by molar-refractivity contribution is 6.21. The van der Waals surface area contributed by atoms with Crippen LogP contribution < -0.4 is 0 Å². The third kappa shape index (κ3) is 3.40. The lowest BCUT2D eigenvalue weighted by molar-refractivity contribution is -0.146. The number of ether oxygens (including phenoxy) is 1. The topological polar surface area (TPSA) is 75.3 Å². The van der Waals surface area contributed by atoms with E-state index in [0.29, 0.717) is 12.2 Å². The SMILES string of the molecule is CC1(C)Cc2cc3n(c2C1Cl)CC(C#N)N(CC(=O)OCc1ccccc1)C3=O. The minimum absolute atomic E-state index is 0.0994. The summed E-state index contributed by atoms with van der Waals surface area (Å²) in [5, 5.41) is 9.42. The number of rotatable bonds is 4. The van der Waals surface area contributed by atoms with Crippen molar-refractivity contribution in [2.75, 3.05) is 6.54 Å². The molecule has 0 saturated carbocycles. The Morgan fingerprint density at radius 3 is 2.76 bits per heavy atom. The number of alkyl halides is 1. The number of nitriles is 1. The predicted octanol–water partition coefficient (Wildman–Crippen LogP) is 3.44. The van der Waals surface area contributed by atoms with Gasteiger partial charge in [-0.1, -0.05) is 44.2 Å². The van der Waals surface area contributed by atoms with Crippen LogP contribution in [0.2, 0.25) is 0 Å². The van der Waals surface area contributed by atoms with E-state index in [4.69, 9.17) is 16.3 Å². The fourth-order valence-corrected chi connectivity index (χ4v) is 4.50. The molecular formula is C22H22ClN3O3. The van der Waals surface area contributed by atoms with Gasteiger partial charge >= 0.3 is 5.97 Å². The molecule has 1 aromatic carbocycles. The van der Waals surface area contributed by atoms with Crippen LogP contribution in [-0.2, 0) is 29.1 Å². The van der Waals surface area contributed by atoms with E-state index >= 15 is 0 Å². The monoisotopic (exact) mass is 411 g/mol. The maximum atomic E-state index is 13.1. The minimum Gasteiger partial charge on any atom is -0.459 e. The molecule has 2 heterocycles. The van der Waals surface area contributed by atoms with E-state index in [1.165, 1.54) is 4.90 Å². The Labute approximate surface area is 174 Å². The Hall–Kier alpha value is -2.78. The van der Waals surface area contributed by atoms with E-state index in [1.807, 2.05) is 41.0 Å². The normalized spacial score (nSPS) is 22.0. The van der Waals surface area contributed by atoms with Crippen LogP contribution in [0.1, 0.15) is 46.5 Å². The van der Waals surface area contributed by atoms with E-state index in [0.717, 1.165) is 23.2 Å². The van der Waals surface area contributed by atoms with Gasteiger partial charge in [-0.25, -0.2) is 0 Å². The summed E-state index contributed by atoms with van der Waals surface area (Å²) in [6.45, 7) is 4.37. The van der Waals surface area contributed by atoms with Crippen LogP contribution in [0.5, 0.6) is 0 Å². The Bertz CT molecular complexity index is 1010. The van der Waals surface area contributed by atoms with Crippen molar-refractivity contribution in [2.24, 2.45) is 5.41 Å². The Kier molecular flexibility index (Phi) is 4.87. The number of aromatic nitrogens is 1. The zero-order chi connectivity index (χ0) is 20.8. The molecule has 2 aliphatic rings. The van der Waals surface area contributed by atoms with Crippen molar-refractivity contribution >= 4 is 23.5 Å². The van der Waals surface area contributed by atoms with Crippen LogP contribution in [0.3, 0.4) is 0 Å². The summed E-state index contributed by atoms with van der Waals surface area (Å²) in [6, 6.07) is 12.6. The lowest BCUT2D eigenvalue weighted by atomic mass is 9.89. The Morgan fingerprint density at radius 2 is 2.07 bits per heavy atom. The summed E-state index contributed by atoms with van der Waals surface area (Å²) >= 11 is 6.67. The quantitative estimate of drug-likeness (QED) is 0.570. The number of hydrogen-bond acceptors (Lipinski definition) is 4. The lowest BCUT2D eigenvalue weighted by Gasteiger charge is -2.34. The second kappa shape index (κ2) is 7.23. The van der Waals surface area contributed by atoms with Crippen molar-refractivity contribution in [3.05, 3.63) is 58.9 Å². The maximum absolute atomic E-state index is 13.1. The summed E-state index contributed by atoms with van der Waals surface area (Å²) in [5.74, 6) is -0.873. The molecule has 2 aromatic rings. The number of fused-ring (bicyclic) bond motifs is 3. The number of benzene rings is 1. The molecule has 0 bridgehead atoms. The van der Waals surface area contributed by atoms with E-state index in [1.54, 1.807) is 0 Å². The average molecular weight is 412 g/mol. The predicted molar refractivity (Wildman–Crippen MR) is 107 cm³/mol. The van der Waals surface area contributed by atoms with Crippen molar-refractivity contribution in [3.63, 3.8) is 0 Å². The van der Waals surface area contributed by atoms with Crippen LogP contribution in [0.15, 0.2) is 36.4 Å². The number of halogens is 1. The molecule has 1 aromatic heterocycles. The third-order valence-electron chi connectivity index (χ3n) is 5.70. The first-order valence-corrected chi connectivity index (χ1v) is 10.0. The molecule has 6 nitrogen and oxygen atoms in total. The highest BCUT2D eigenvalue weighted by atomic mass is 35.5. The molecule has 0 radical (unpaired) electrons. The molecule has 4 rings (SSSR count). The van der Waals surface area contributed by atoms with Gasteiger partial charge in [0.1, 0.15) is 24.9 Å². The summed E-state index contributed by atoms with van der Waals surface area (Å²) in [6.07, 6.45) is 0.778. The number of carbonyl (C=O) groups is 2. The van der Waals surface area contributed by atoms with Crippen LogP contribution in [-0.4, -0.2) is 33.9 Å². The molecule has 2 atom stereocenters. The zero-order valence-electron chi connectivity index (χ0n) is 16.4. The molecule has 7 heteroatoms. The van der Waals surface area contributed by atoms with Crippen LogP contribution in [0, 0.1) is 16.7 Å². The van der Waals surface area contributed by atoms with Gasteiger partial charge in [-0.15, -0.1) is 11.6 Å². The first kappa shape index (κ1) is 19.5. The molecule has 0 fully saturated rings. The fourth-order valence-electron chi connectivity index (χ4n) is 4.16. The van der Waals surface area contributed by atoms with Gasteiger partial charge < -0.3 is 14.2 Å². The molecule has 1 amide bonds. The summed E-state index contributed by atoms with van der Waals surface area (Å²) in [5.41, 5.74) is 3.22. The van der Waals surface area contributed by atoms with Crippen LogP contribution >= 0.6 is 11.6 Å². The standard InChI is InChI=1S/C22H22ClN3O3/c1-22(2)9-15-8-17-21(28)25(16(10-24)11-26(17)19(15)20(22)23)12-18(27)29-13-14-6-4-3-5-7-14/h3-8,16,20H,9,11-13H2,1-2H3. The molecule has 1 aliphatic carbocycles. The van der Waals surface area contributed by atoms with Crippen molar-refractivity contribution in [1.82, 2.24) is 9.47 Å². The molecule has 29 heavy (non-hydrogen) atoms. The average Bonchev–Trinajstić information content (AvgIpc) is 3.16. The molecule has 0 N–H and O–H groups in total. The van der Waals surface area contributed by atoms with Gasteiger partial charge in [0.25, 0.3) is 5.91 Å². The molecular weight excluding hydrogens is 390 g/mol. The van der Waals surface area contributed by atoms with Gasteiger partial charge in [0, 0.05) is 5.69 Å². The van der Waals surface area contributed by atoms with Gasteiger partial charge in [-0.2, -0.15) is 5.26 Å². The maximum Gasteiger partial charge on any atom is 0.326 e. The minimum atomic E-state index is -0.747. The number of nitrogens with zero attached hydrogens (tertiary/aromatic N) is 3. The Balaban J connectivity index is 1.52. The highest BCUT2D eigenvalue weighted by Gasteiger charge is 2.45. The number of amides is 1. The molecule has 2 unspecified atom stereocenters. The van der Waals surface area contributed by atoms with Crippen LogP contribution in [0.4, 0.5) is 0 Å². The number of hydrogen-bond donors (Lipinski definition) is 0. The molecule has 0 saturated heterocycles. The summed E-state index contributed by atoms with van der Waals surface area (Å²) < 4.78 is 7.16. The zero-order valence-corrected chi connectivity index (χ0v) is 17.1. The lowest BCUT2D eigenvalue weighted by Crippen LogP contribution is -2.50. The van der Waals surface area contributed by atoms with Crippen molar-refractivity contribution in [3.8, 4) is 6.07 Å². The summed E-state index contributed by atoms with van der Waals surface area (Å²) in [7, 11) is 0. The molecule has 0 spiro atoms. The second-order valence-electron chi connectivity index (χ2n) is 8.30.